The molecular weight excluding hydrogens is 274 g/mol. The van der Waals surface area contributed by atoms with Gasteiger partial charge in [-0.25, -0.2) is 0 Å². The average Bonchev–Trinajstić information content (AvgIpc) is 3.16. The topological polar surface area (TPSA) is 57.8 Å². The van der Waals surface area contributed by atoms with E-state index in [0.29, 0.717) is 18.3 Å². The van der Waals surface area contributed by atoms with E-state index >= 15 is 0 Å². The Kier molecular flexibility index (Phi) is 4.56. The predicted molar refractivity (Wildman–Crippen MR) is 86.6 cm³/mol. The van der Waals surface area contributed by atoms with E-state index in [1.807, 2.05) is 6.92 Å². The number of amides is 1. The second-order valence-electron chi connectivity index (χ2n) is 6.21. The van der Waals surface area contributed by atoms with Crippen molar-refractivity contribution < 1.29 is 4.79 Å². The van der Waals surface area contributed by atoms with E-state index in [-0.39, 0.29) is 5.91 Å². The van der Waals surface area contributed by atoms with E-state index in [9.17, 15) is 4.79 Å². The zero-order chi connectivity index (χ0) is 15.4. The monoisotopic (exact) mass is 297 g/mol. The van der Waals surface area contributed by atoms with Crippen LogP contribution in [0.2, 0.25) is 0 Å². The van der Waals surface area contributed by atoms with Crippen molar-refractivity contribution in [2.24, 2.45) is 5.92 Å². The Labute approximate surface area is 131 Å². The molecule has 2 unspecified atom stereocenters. The van der Waals surface area contributed by atoms with Crippen molar-refractivity contribution in [2.45, 2.75) is 38.5 Å². The molecule has 116 valence electrons. The summed E-state index contributed by atoms with van der Waals surface area (Å²) in [6.45, 7) is 2.72. The molecule has 0 saturated heterocycles. The van der Waals surface area contributed by atoms with E-state index in [2.05, 4.69) is 45.8 Å². The van der Waals surface area contributed by atoms with Gasteiger partial charge in [0.05, 0.1) is 12.6 Å². The summed E-state index contributed by atoms with van der Waals surface area (Å²) < 4.78 is 0. The highest BCUT2D eigenvalue weighted by atomic mass is 16.1. The molecule has 2 atom stereocenters. The van der Waals surface area contributed by atoms with Gasteiger partial charge in [0.1, 0.15) is 0 Å². The van der Waals surface area contributed by atoms with Gasteiger partial charge in [0.2, 0.25) is 5.91 Å². The van der Waals surface area contributed by atoms with Crippen LogP contribution in [0.15, 0.2) is 36.5 Å². The van der Waals surface area contributed by atoms with Gasteiger partial charge in [-0.05, 0) is 37.2 Å². The summed E-state index contributed by atoms with van der Waals surface area (Å²) in [5.74, 6) is 1.22. The van der Waals surface area contributed by atoms with Gasteiger partial charge >= 0.3 is 0 Å². The molecule has 4 nitrogen and oxygen atoms in total. The quantitative estimate of drug-likeness (QED) is 0.891. The number of rotatable bonds is 5. The molecule has 1 amide bonds. The molecule has 0 radical (unpaired) electrons. The Bertz CT molecular complexity index is 620. The lowest BCUT2D eigenvalue weighted by Crippen LogP contribution is -2.31. The molecule has 1 aliphatic carbocycles. The standard InChI is InChI=1S/C18H23N3O/c1-13-16(12-20-21-13)10-18(22)19-11-15-8-5-9-17(15)14-6-3-2-4-7-14/h2-4,6-7,12,15,17H,5,8-11H2,1H3,(H,19,22)(H,20,21). The molecule has 2 aromatic rings. The lowest BCUT2D eigenvalue weighted by molar-refractivity contribution is -0.120. The number of carbonyl (C=O) groups excluding carboxylic acids is 1. The fourth-order valence-corrected chi connectivity index (χ4v) is 3.45. The Morgan fingerprint density at radius 1 is 1.32 bits per heavy atom. The Balaban J connectivity index is 1.54. The summed E-state index contributed by atoms with van der Waals surface area (Å²) in [5.41, 5.74) is 3.35. The highest BCUT2D eigenvalue weighted by Crippen LogP contribution is 2.39. The molecule has 22 heavy (non-hydrogen) atoms. The summed E-state index contributed by atoms with van der Waals surface area (Å²) in [6, 6.07) is 10.7. The Morgan fingerprint density at radius 3 is 2.86 bits per heavy atom. The van der Waals surface area contributed by atoms with Gasteiger partial charge in [-0.2, -0.15) is 5.10 Å². The first kappa shape index (κ1) is 14.8. The van der Waals surface area contributed by atoms with Gasteiger partial charge in [0.25, 0.3) is 0 Å². The molecule has 1 fully saturated rings. The SMILES string of the molecule is Cc1[nH]ncc1CC(=O)NCC1CCCC1c1ccccc1. The highest BCUT2D eigenvalue weighted by molar-refractivity contribution is 5.78. The third-order valence-electron chi connectivity index (χ3n) is 4.73. The van der Waals surface area contributed by atoms with Crippen LogP contribution in [0.1, 0.15) is 42.0 Å². The maximum Gasteiger partial charge on any atom is 0.224 e. The minimum atomic E-state index is 0.0863. The van der Waals surface area contributed by atoms with Crippen LogP contribution in [-0.2, 0) is 11.2 Å². The minimum Gasteiger partial charge on any atom is -0.356 e. The normalized spacial score (nSPS) is 21.0. The second kappa shape index (κ2) is 6.77. The number of hydrogen-bond acceptors (Lipinski definition) is 2. The summed E-state index contributed by atoms with van der Waals surface area (Å²) in [4.78, 5) is 12.1. The van der Waals surface area contributed by atoms with Gasteiger partial charge < -0.3 is 5.32 Å². The van der Waals surface area contributed by atoms with Crippen molar-refractivity contribution in [2.75, 3.05) is 6.54 Å². The molecule has 1 aromatic heterocycles. The molecule has 4 heteroatoms. The molecule has 0 spiro atoms. The van der Waals surface area contributed by atoms with Crippen LogP contribution in [0.5, 0.6) is 0 Å². The average molecular weight is 297 g/mol. The van der Waals surface area contributed by atoms with Crippen molar-refractivity contribution in [1.82, 2.24) is 15.5 Å². The van der Waals surface area contributed by atoms with Crippen molar-refractivity contribution in [3.05, 3.63) is 53.3 Å². The minimum absolute atomic E-state index is 0.0863. The lowest BCUT2D eigenvalue weighted by atomic mass is 9.89. The first-order chi connectivity index (χ1) is 10.7. The van der Waals surface area contributed by atoms with Crippen LogP contribution < -0.4 is 5.32 Å². The summed E-state index contributed by atoms with van der Waals surface area (Å²) in [5, 5.41) is 9.94. The largest absolute Gasteiger partial charge is 0.356 e. The third kappa shape index (κ3) is 3.38. The van der Waals surface area contributed by atoms with Gasteiger partial charge in [-0.1, -0.05) is 36.8 Å². The fourth-order valence-electron chi connectivity index (χ4n) is 3.45. The predicted octanol–water partition coefficient (Wildman–Crippen LogP) is 2.96. The molecule has 1 heterocycles. The summed E-state index contributed by atoms with van der Waals surface area (Å²) >= 11 is 0. The number of aromatic nitrogens is 2. The van der Waals surface area contributed by atoms with Crippen LogP contribution in [0, 0.1) is 12.8 Å². The highest BCUT2D eigenvalue weighted by Gasteiger charge is 2.28. The number of nitrogens with zero attached hydrogens (tertiary/aromatic N) is 1. The molecule has 0 bridgehead atoms. The number of nitrogens with one attached hydrogen (secondary N) is 2. The van der Waals surface area contributed by atoms with Crippen molar-refractivity contribution in [3.8, 4) is 0 Å². The Hall–Kier alpha value is -2.10. The maximum atomic E-state index is 12.1. The van der Waals surface area contributed by atoms with Gasteiger partial charge in [-0.15, -0.1) is 0 Å². The van der Waals surface area contributed by atoms with E-state index in [1.165, 1.54) is 24.8 Å². The van der Waals surface area contributed by atoms with E-state index in [4.69, 9.17) is 0 Å². The molecule has 1 saturated carbocycles. The number of aryl methyl sites for hydroxylation is 1. The van der Waals surface area contributed by atoms with Crippen LogP contribution in [0.3, 0.4) is 0 Å². The molecular formula is C18H23N3O. The summed E-state index contributed by atoms with van der Waals surface area (Å²) in [6.07, 6.45) is 5.82. The third-order valence-corrected chi connectivity index (χ3v) is 4.73. The maximum absolute atomic E-state index is 12.1. The van der Waals surface area contributed by atoms with Crippen molar-refractivity contribution >= 4 is 5.91 Å². The van der Waals surface area contributed by atoms with E-state index < -0.39 is 0 Å². The first-order valence-corrected chi connectivity index (χ1v) is 8.04. The van der Waals surface area contributed by atoms with Crippen LogP contribution in [0.4, 0.5) is 0 Å². The number of aromatic amines is 1. The fraction of sp³-hybridized carbons (Fsp3) is 0.444. The van der Waals surface area contributed by atoms with Gasteiger partial charge in [0, 0.05) is 17.8 Å². The molecule has 3 rings (SSSR count). The molecule has 1 aromatic carbocycles. The number of benzene rings is 1. The van der Waals surface area contributed by atoms with Crippen molar-refractivity contribution in [3.63, 3.8) is 0 Å². The zero-order valence-corrected chi connectivity index (χ0v) is 13.0. The van der Waals surface area contributed by atoms with Crippen molar-refractivity contribution in [1.29, 1.82) is 0 Å². The van der Waals surface area contributed by atoms with Gasteiger partial charge in [0.15, 0.2) is 0 Å². The van der Waals surface area contributed by atoms with Crippen LogP contribution >= 0.6 is 0 Å². The van der Waals surface area contributed by atoms with E-state index in [1.54, 1.807) is 6.20 Å². The van der Waals surface area contributed by atoms with Gasteiger partial charge in [-0.3, -0.25) is 9.89 Å². The second-order valence-corrected chi connectivity index (χ2v) is 6.21. The van der Waals surface area contributed by atoms with Crippen LogP contribution in [-0.4, -0.2) is 22.6 Å². The van der Waals surface area contributed by atoms with Crippen LogP contribution in [0.25, 0.3) is 0 Å². The molecule has 1 aliphatic rings. The molecule has 2 N–H and O–H groups in total. The Morgan fingerprint density at radius 2 is 2.14 bits per heavy atom. The number of carbonyl (C=O) groups is 1. The summed E-state index contributed by atoms with van der Waals surface area (Å²) in [7, 11) is 0. The number of hydrogen-bond donors (Lipinski definition) is 2. The first-order valence-electron chi connectivity index (χ1n) is 8.04. The lowest BCUT2D eigenvalue weighted by Gasteiger charge is -2.20. The van der Waals surface area contributed by atoms with E-state index in [0.717, 1.165) is 17.8 Å². The zero-order valence-electron chi connectivity index (χ0n) is 13.0. The number of H-pyrrole nitrogens is 1. The smallest absolute Gasteiger partial charge is 0.224 e. The molecule has 0 aliphatic heterocycles.